The number of piperidine rings is 2. The molecule has 3 aliphatic rings. The number of rotatable bonds is 6. The van der Waals surface area contributed by atoms with Gasteiger partial charge in [-0.05, 0) is 92.7 Å². The first-order valence-electron chi connectivity index (χ1n) is 11.8. The molecular formula is C23H33N5O3. The molecule has 31 heavy (non-hydrogen) atoms. The molecule has 3 fully saturated rings. The number of likely N-dealkylation sites (tertiary alicyclic amines) is 2. The second kappa shape index (κ2) is 9.63. The predicted octanol–water partition coefficient (Wildman–Crippen LogP) is 2.19. The lowest BCUT2D eigenvalue weighted by Crippen LogP contribution is -2.49. The van der Waals surface area contributed by atoms with Crippen molar-refractivity contribution < 1.29 is 14.2 Å². The van der Waals surface area contributed by atoms with Gasteiger partial charge in [0.2, 0.25) is 5.91 Å². The van der Waals surface area contributed by atoms with Crippen molar-refractivity contribution in [2.75, 3.05) is 39.3 Å². The number of hydrogen-bond acceptors (Lipinski definition) is 7. The van der Waals surface area contributed by atoms with Crippen LogP contribution in [0, 0.1) is 5.92 Å². The molecule has 0 aliphatic carbocycles. The van der Waals surface area contributed by atoms with Crippen LogP contribution in [0.4, 0.5) is 0 Å². The highest BCUT2D eigenvalue weighted by molar-refractivity contribution is 5.78. The monoisotopic (exact) mass is 427 g/mol. The minimum Gasteiger partial charge on any atom is -0.376 e. The second-order valence-corrected chi connectivity index (χ2v) is 9.29. The molecule has 168 valence electrons. The standard InChI is InChI=1S/C23H33N5O3/c29-23(24-15-20-2-1-13-30-20)18-5-11-28(12-6-18)19-7-9-27(10-8-19)16-17-3-4-21-22(14-17)26-31-25-21/h3-4,14,18-20H,1-2,5-13,15-16H2,(H,24,29). The summed E-state index contributed by atoms with van der Waals surface area (Å²) in [7, 11) is 0. The molecule has 1 aromatic carbocycles. The number of benzene rings is 1. The van der Waals surface area contributed by atoms with Crippen LogP contribution in [0.2, 0.25) is 0 Å². The maximum absolute atomic E-state index is 12.5. The SMILES string of the molecule is O=C(NCC1CCCO1)C1CCN(C2CCN(Cc3ccc4nonc4c3)CC2)CC1. The van der Waals surface area contributed by atoms with E-state index in [1.54, 1.807) is 0 Å². The fourth-order valence-corrected chi connectivity index (χ4v) is 5.32. The van der Waals surface area contributed by atoms with Crippen molar-refractivity contribution >= 4 is 16.9 Å². The van der Waals surface area contributed by atoms with E-state index in [1.807, 2.05) is 6.07 Å². The first kappa shape index (κ1) is 20.8. The van der Waals surface area contributed by atoms with Gasteiger partial charge >= 0.3 is 0 Å². The summed E-state index contributed by atoms with van der Waals surface area (Å²) in [5.74, 6) is 0.392. The molecule has 0 radical (unpaired) electrons. The average Bonchev–Trinajstić information content (AvgIpc) is 3.50. The number of carbonyl (C=O) groups excluding carboxylic acids is 1. The highest BCUT2D eigenvalue weighted by Crippen LogP contribution is 2.25. The van der Waals surface area contributed by atoms with E-state index in [1.165, 1.54) is 18.4 Å². The predicted molar refractivity (Wildman–Crippen MR) is 116 cm³/mol. The van der Waals surface area contributed by atoms with E-state index in [2.05, 4.69) is 37.6 Å². The Morgan fingerprint density at radius 3 is 2.61 bits per heavy atom. The summed E-state index contributed by atoms with van der Waals surface area (Å²) >= 11 is 0. The van der Waals surface area contributed by atoms with Crippen molar-refractivity contribution in [1.82, 2.24) is 25.4 Å². The van der Waals surface area contributed by atoms with Crippen LogP contribution in [0.1, 0.15) is 44.1 Å². The Morgan fingerprint density at radius 1 is 1.03 bits per heavy atom. The van der Waals surface area contributed by atoms with Crippen molar-refractivity contribution in [2.45, 2.75) is 57.2 Å². The Labute approximate surface area is 183 Å². The summed E-state index contributed by atoms with van der Waals surface area (Å²) in [6.07, 6.45) is 6.76. The van der Waals surface area contributed by atoms with Crippen LogP contribution in [0.15, 0.2) is 22.8 Å². The minimum absolute atomic E-state index is 0.165. The molecule has 1 aromatic heterocycles. The quantitative estimate of drug-likeness (QED) is 0.757. The van der Waals surface area contributed by atoms with Gasteiger partial charge in [0.25, 0.3) is 0 Å². The van der Waals surface area contributed by atoms with Crippen LogP contribution in [0.5, 0.6) is 0 Å². The van der Waals surface area contributed by atoms with Crippen LogP contribution in [-0.4, -0.2) is 77.5 Å². The van der Waals surface area contributed by atoms with E-state index < -0.39 is 0 Å². The maximum atomic E-state index is 12.5. The van der Waals surface area contributed by atoms with E-state index in [0.29, 0.717) is 12.6 Å². The molecule has 8 heteroatoms. The van der Waals surface area contributed by atoms with Crippen LogP contribution >= 0.6 is 0 Å². The Hall–Kier alpha value is -2.03. The summed E-state index contributed by atoms with van der Waals surface area (Å²) in [6, 6.07) is 6.82. The molecule has 8 nitrogen and oxygen atoms in total. The van der Waals surface area contributed by atoms with Crippen molar-refractivity contribution in [1.29, 1.82) is 0 Å². The van der Waals surface area contributed by atoms with Crippen molar-refractivity contribution in [3.05, 3.63) is 23.8 Å². The smallest absolute Gasteiger partial charge is 0.223 e. The Morgan fingerprint density at radius 2 is 1.84 bits per heavy atom. The van der Waals surface area contributed by atoms with Crippen LogP contribution in [0.25, 0.3) is 11.0 Å². The number of ether oxygens (including phenoxy) is 1. The number of aromatic nitrogens is 2. The van der Waals surface area contributed by atoms with Gasteiger partial charge in [-0.3, -0.25) is 9.69 Å². The lowest BCUT2D eigenvalue weighted by Gasteiger charge is -2.41. The molecule has 1 N–H and O–H groups in total. The third-order valence-electron chi connectivity index (χ3n) is 7.23. The average molecular weight is 428 g/mol. The van der Waals surface area contributed by atoms with Gasteiger partial charge in [-0.2, -0.15) is 0 Å². The fraction of sp³-hybridized carbons (Fsp3) is 0.696. The zero-order valence-electron chi connectivity index (χ0n) is 18.2. The Kier molecular flexibility index (Phi) is 6.47. The molecule has 3 saturated heterocycles. The largest absolute Gasteiger partial charge is 0.376 e. The molecule has 1 unspecified atom stereocenters. The summed E-state index contributed by atoms with van der Waals surface area (Å²) in [5.41, 5.74) is 2.90. The van der Waals surface area contributed by atoms with Crippen molar-refractivity contribution in [2.24, 2.45) is 5.92 Å². The Bertz CT molecular complexity index is 865. The molecule has 1 atom stereocenters. The summed E-state index contributed by atoms with van der Waals surface area (Å²) in [5, 5.41) is 11.0. The minimum atomic E-state index is 0.165. The van der Waals surface area contributed by atoms with Crippen molar-refractivity contribution in [3.63, 3.8) is 0 Å². The van der Waals surface area contributed by atoms with Crippen LogP contribution in [-0.2, 0) is 16.1 Å². The molecule has 0 spiro atoms. The van der Waals surface area contributed by atoms with E-state index >= 15 is 0 Å². The topological polar surface area (TPSA) is 83.7 Å². The fourth-order valence-electron chi connectivity index (χ4n) is 5.32. The third kappa shape index (κ3) is 5.07. The maximum Gasteiger partial charge on any atom is 0.223 e. The van der Waals surface area contributed by atoms with Crippen LogP contribution in [0.3, 0.4) is 0 Å². The third-order valence-corrected chi connectivity index (χ3v) is 7.23. The zero-order chi connectivity index (χ0) is 21.0. The number of amides is 1. The van der Waals surface area contributed by atoms with Gasteiger partial charge in [-0.1, -0.05) is 6.07 Å². The van der Waals surface area contributed by atoms with Gasteiger partial charge in [0, 0.05) is 31.7 Å². The lowest BCUT2D eigenvalue weighted by molar-refractivity contribution is -0.127. The van der Waals surface area contributed by atoms with Gasteiger partial charge in [-0.25, -0.2) is 4.63 Å². The summed E-state index contributed by atoms with van der Waals surface area (Å²) < 4.78 is 10.4. The molecular weight excluding hydrogens is 394 g/mol. The number of nitrogens with zero attached hydrogens (tertiary/aromatic N) is 4. The number of nitrogens with one attached hydrogen (secondary N) is 1. The molecule has 0 saturated carbocycles. The van der Waals surface area contributed by atoms with Gasteiger partial charge in [0.1, 0.15) is 11.0 Å². The molecule has 5 rings (SSSR count). The molecule has 0 bridgehead atoms. The lowest BCUT2D eigenvalue weighted by atomic mass is 9.92. The summed E-state index contributed by atoms with van der Waals surface area (Å²) in [4.78, 5) is 17.7. The molecule has 2 aromatic rings. The van der Waals surface area contributed by atoms with Gasteiger partial charge in [0.05, 0.1) is 6.10 Å². The zero-order valence-corrected chi connectivity index (χ0v) is 18.2. The highest BCUT2D eigenvalue weighted by Gasteiger charge is 2.31. The van der Waals surface area contributed by atoms with E-state index in [0.717, 1.165) is 76.0 Å². The Balaban J connectivity index is 1.03. The first-order chi connectivity index (χ1) is 15.2. The van der Waals surface area contributed by atoms with E-state index in [9.17, 15) is 4.79 Å². The van der Waals surface area contributed by atoms with E-state index in [4.69, 9.17) is 9.37 Å². The van der Waals surface area contributed by atoms with Crippen molar-refractivity contribution in [3.8, 4) is 0 Å². The van der Waals surface area contributed by atoms with E-state index in [-0.39, 0.29) is 17.9 Å². The number of carbonyl (C=O) groups is 1. The second-order valence-electron chi connectivity index (χ2n) is 9.29. The number of hydrogen-bond donors (Lipinski definition) is 1. The van der Waals surface area contributed by atoms with Gasteiger partial charge in [0.15, 0.2) is 0 Å². The van der Waals surface area contributed by atoms with Gasteiger partial charge < -0.3 is 15.0 Å². The van der Waals surface area contributed by atoms with Crippen LogP contribution < -0.4 is 5.32 Å². The molecule has 1 amide bonds. The normalized spacial score (nSPS) is 24.7. The molecule has 4 heterocycles. The first-order valence-corrected chi connectivity index (χ1v) is 11.8. The molecule has 3 aliphatic heterocycles. The number of fused-ring (bicyclic) bond motifs is 1. The van der Waals surface area contributed by atoms with Gasteiger partial charge in [-0.15, -0.1) is 0 Å². The summed E-state index contributed by atoms with van der Waals surface area (Å²) in [6.45, 7) is 6.77. The highest BCUT2D eigenvalue weighted by atomic mass is 16.6.